The average Bonchev–Trinajstić information content (AvgIpc) is 2.43. The first kappa shape index (κ1) is 14.7. The van der Waals surface area contributed by atoms with Gasteiger partial charge in [0, 0.05) is 23.7 Å². The Hall–Kier alpha value is -2.70. The van der Waals surface area contributed by atoms with Crippen molar-refractivity contribution in [2.75, 3.05) is 5.32 Å². The van der Waals surface area contributed by atoms with Crippen LogP contribution in [0.3, 0.4) is 0 Å². The van der Waals surface area contributed by atoms with Gasteiger partial charge in [-0.1, -0.05) is 13.8 Å². The molecule has 0 aliphatic heterocycles. The van der Waals surface area contributed by atoms with Gasteiger partial charge >= 0.3 is 5.97 Å². The first-order valence-electron chi connectivity index (χ1n) is 6.42. The third kappa shape index (κ3) is 3.07. The number of carbonyl (C=O) groups is 1. The fraction of sp³-hybridized carbons (Fsp3) is 0.286. The molecule has 21 heavy (non-hydrogen) atoms. The Morgan fingerprint density at radius 3 is 2.67 bits per heavy atom. The van der Waals surface area contributed by atoms with Crippen molar-refractivity contribution in [3.8, 4) is 0 Å². The van der Waals surface area contributed by atoms with Gasteiger partial charge in [0.1, 0.15) is 11.9 Å². The van der Waals surface area contributed by atoms with Crippen molar-refractivity contribution in [3.63, 3.8) is 0 Å². The first-order chi connectivity index (χ1) is 9.90. The number of aromatic nitrogens is 1. The number of fused-ring (bicyclic) bond motifs is 1. The third-order valence-electron chi connectivity index (χ3n) is 3.18. The van der Waals surface area contributed by atoms with Gasteiger partial charge in [-0.25, -0.2) is 9.78 Å². The fourth-order valence-electron chi connectivity index (χ4n) is 2.05. The number of nitro benzene ring substituents is 1. The Labute approximate surface area is 120 Å². The molecule has 0 radical (unpaired) electrons. The molecule has 1 aromatic carbocycles. The van der Waals surface area contributed by atoms with Crippen LogP contribution in [0.4, 0.5) is 11.5 Å². The predicted octanol–water partition coefficient (Wildman–Crippen LogP) is 2.66. The summed E-state index contributed by atoms with van der Waals surface area (Å²) in [5, 5.41) is 24.2. The van der Waals surface area contributed by atoms with Gasteiger partial charge in [0.2, 0.25) is 0 Å². The fourth-order valence-corrected chi connectivity index (χ4v) is 2.05. The van der Waals surface area contributed by atoms with E-state index in [4.69, 9.17) is 0 Å². The summed E-state index contributed by atoms with van der Waals surface area (Å²) in [6.45, 7) is 3.59. The number of non-ortho nitro benzene ring substituents is 1. The van der Waals surface area contributed by atoms with Gasteiger partial charge < -0.3 is 10.4 Å². The number of nitro groups is 1. The average molecular weight is 289 g/mol. The van der Waals surface area contributed by atoms with E-state index < -0.39 is 16.9 Å². The van der Waals surface area contributed by atoms with Crippen LogP contribution in [0.25, 0.3) is 10.8 Å². The lowest BCUT2D eigenvalue weighted by atomic mass is 10.0. The molecule has 2 N–H and O–H groups in total. The molecule has 1 aromatic heterocycles. The molecule has 0 bridgehead atoms. The maximum Gasteiger partial charge on any atom is 0.326 e. The molecule has 7 nitrogen and oxygen atoms in total. The van der Waals surface area contributed by atoms with Crippen LogP contribution in [0.15, 0.2) is 30.5 Å². The van der Waals surface area contributed by atoms with Crippen molar-refractivity contribution in [2.24, 2.45) is 5.92 Å². The second-order valence-corrected chi connectivity index (χ2v) is 5.03. The number of aliphatic carboxylic acids is 1. The molecule has 1 heterocycles. The van der Waals surface area contributed by atoms with E-state index in [1.165, 1.54) is 18.3 Å². The van der Waals surface area contributed by atoms with E-state index in [1.54, 1.807) is 26.0 Å². The Balaban J connectivity index is 2.45. The minimum Gasteiger partial charge on any atom is -0.480 e. The lowest BCUT2D eigenvalue weighted by molar-refractivity contribution is -0.384. The van der Waals surface area contributed by atoms with Gasteiger partial charge in [-0.3, -0.25) is 10.1 Å². The molecule has 0 aliphatic carbocycles. The molecule has 0 fully saturated rings. The van der Waals surface area contributed by atoms with Crippen LogP contribution in [0.2, 0.25) is 0 Å². The van der Waals surface area contributed by atoms with Crippen molar-refractivity contribution in [2.45, 2.75) is 19.9 Å². The van der Waals surface area contributed by atoms with Crippen LogP contribution in [-0.2, 0) is 4.79 Å². The lowest BCUT2D eigenvalue weighted by Crippen LogP contribution is -2.34. The van der Waals surface area contributed by atoms with Crippen LogP contribution in [-0.4, -0.2) is 27.0 Å². The number of nitrogens with one attached hydrogen (secondary N) is 1. The summed E-state index contributed by atoms with van der Waals surface area (Å²) >= 11 is 0. The number of carboxylic acid groups (broad SMARTS) is 1. The van der Waals surface area contributed by atoms with Crippen molar-refractivity contribution in [1.82, 2.24) is 4.98 Å². The topological polar surface area (TPSA) is 105 Å². The Bertz CT molecular complexity index is 700. The van der Waals surface area contributed by atoms with Crippen LogP contribution >= 0.6 is 0 Å². The SMILES string of the molecule is CC(C)C(Nc1nccc2cc([N+](=O)[O-])ccc12)C(=O)O. The van der Waals surface area contributed by atoms with Crippen LogP contribution < -0.4 is 5.32 Å². The number of benzene rings is 1. The van der Waals surface area contributed by atoms with Crippen LogP contribution in [0.1, 0.15) is 13.8 Å². The van der Waals surface area contributed by atoms with Crippen molar-refractivity contribution < 1.29 is 14.8 Å². The number of nitrogens with zero attached hydrogens (tertiary/aromatic N) is 2. The minimum atomic E-state index is -0.967. The third-order valence-corrected chi connectivity index (χ3v) is 3.18. The molecule has 0 amide bonds. The zero-order chi connectivity index (χ0) is 15.6. The minimum absolute atomic E-state index is 0.0155. The number of carboxylic acids is 1. The van der Waals surface area contributed by atoms with E-state index in [0.29, 0.717) is 16.6 Å². The predicted molar refractivity (Wildman–Crippen MR) is 78.3 cm³/mol. The quantitative estimate of drug-likeness (QED) is 0.647. The van der Waals surface area contributed by atoms with Crippen LogP contribution in [0, 0.1) is 16.0 Å². The smallest absolute Gasteiger partial charge is 0.326 e. The zero-order valence-corrected chi connectivity index (χ0v) is 11.6. The molecule has 1 unspecified atom stereocenters. The van der Waals surface area contributed by atoms with Gasteiger partial charge in [-0.05, 0) is 23.4 Å². The van der Waals surface area contributed by atoms with Crippen LogP contribution in [0.5, 0.6) is 0 Å². The van der Waals surface area contributed by atoms with Gasteiger partial charge in [0.05, 0.1) is 4.92 Å². The summed E-state index contributed by atoms with van der Waals surface area (Å²) in [5.74, 6) is -0.688. The second-order valence-electron chi connectivity index (χ2n) is 5.03. The molecule has 1 atom stereocenters. The van der Waals surface area contributed by atoms with Gasteiger partial charge in [-0.15, -0.1) is 0 Å². The molecule has 110 valence electrons. The maximum absolute atomic E-state index is 11.2. The van der Waals surface area contributed by atoms with E-state index >= 15 is 0 Å². The molecule has 0 saturated carbocycles. The highest BCUT2D eigenvalue weighted by Crippen LogP contribution is 2.26. The highest BCUT2D eigenvalue weighted by molar-refractivity contribution is 5.94. The Morgan fingerprint density at radius 2 is 2.10 bits per heavy atom. The Morgan fingerprint density at radius 1 is 1.38 bits per heavy atom. The first-order valence-corrected chi connectivity index (χ1v) is 6.42. The molecule has 0 spiro atoms. The van der Waals surface area contributed by atoms with E-state index in [2.05, 4.69) is 10.3 Å². The summed E-state index contributed by atoms with van der Waals surface area (Å²) in [6.07, 6.45) is 1.49. The van der Waals surface area contributed by atoms with Gasteiger partial charge in [0.15, 0.2) is 0 Å². The van der Waals surface area contributed by atoms with Crippen molar-refractivity contribution >= 4 is 28.2 Å². The van der Waals surface area contributed by atoms with E-state index in [0.717, 1.165) is 0 Å². The zero-order valence-electron chi connectivity index (χ0n) is 11.6. The number of hydrogen-bond acceptors (Lipinski definition) is 5. The van der Waals surface area contributed by atoms with E-state index in [-0.39, 0.29) is 11.6 Å². The summed E-state index contributed by atoms with van der Waals surface area (Å²) in [5.41, 5.74) is -0.0155. The van der Waals surface area contributed by atoms with E-state index in [1.807, 2.05) is 0 Å². The second kappa shape index (κ2) is 5.74. The van der Waals surface area contributed by atoms with Gasteiger partial charge in [0.25, 0.3) is 5.69 Å². The number of rotatable bonds is 5. The monoisotopic (exact) mass is 289 g/mol. The highest BCUT2D eigenvalue weighted by atomic mass is 16.6. The van der Waals surface area contributed by atoms with Crippen molar-refractivity contribution in [1.29, 1.82) is 0 Å². The lowest BCUT2D eigenvalue weighted by Gasteiger charge is -2.19. The molecular weight excluding hydrogens is 274 g/mol. The van der Waals surface area contributed by atoms with Crippen molar-refractivity contribution in [3.05, 3.63) is 40.6 Å². The summed E-state index contributed by atoms with van der Waals surface area (Å²) < 4.78 is 0. The Kier molecular flexibility index (Phi) is 4.02. The normalized spacial score (nSPS) is 12.3. The molecule has 2 aromatic rings. The van der Waals surface area contributed by atoms with E-state index in [9.17, 15) is 20.0 Å². The molecule has 2 rings (SSSR count). The molecule has 7 heteroatoms. The largest absolute Gasteiger partial charge is 0.480 e. The number of anilines is 1. The standard InChI is InChI=1S/C14H15N3O4/c1-8(2)12(14(18)19)16-13-11-4-3-10(17(20)21)7-9(11)5-6-15-13/h3-8,12H,1-2H3,(H,15,16)(H,18,19). The highest BCUT2D eigenvalue weighted by Gasteiger charge is 2.22. The number of pyridine rings is 1. The molecule has 0 saturated heterocycles. The molecular formula is C14H15N3O4. The summed E-state index contributed by atoms with van der Waals surface area (Å²) in [7, 11) is 0. The number of hydrogen-bond donors (Lipinski definition) is 2. The summed E-state index contributed by atoms with van der Waals surface area (Å²) in [6, 6.07) is 5.26. The summed E-state index contributed by atoms with van der Waals surface area (Å²) in [4.78, 5) is 25.7. The van der Waals surface area contributed by atoms with Gasteiger partial charge in [-0.2, -0.15) is 0 Å². The maximum atomic E-state index is 11.2. The molecule has 0 aliphatic rings.